The van der Waals surface area contributed by atoms with E-state index in [0.29, 0.717) is 5.92 Å². The molecule has 2 N–H and O–H groups in total. The number of aromatic nitrogens is 2. The summed E-state index contributed by atoms with van der Waals surface area (Å²) in [6, 6.07) is 0. The Morgan fingerprint density at radius 2 is 2.17 bits per heavy atom. The predicted molar refractivity (Wildman–Crippen MR) is 47.6 cm³/mol. The summed E-state index contributed by atoms with van der Waals surface area (Å²) < 4.78 is 0. The van der Waals surface area contributed by atoms with E-state index in [9.17, 15) is 5.11 Å². The average Bonchev–Trinajstić information content (AvgIpc) is 2.58. The standard InChI is InChI=1S/C9H16N2O/c1-3-7(4-2)9(12)8-5-10-11-6-8/h5-7,9,12H,3-4H2,1-2H3,(H,10,11). The summed E-state index contributed by atoms with van der Waals surface area (Å²) >= 11 is 0. The lowest BCUT2D eigenvalue weighted by atomic mass is 9.93. The fraction of sp³-hybridized carbons (Fsp3) is 0.667. The van der Waals surface area contributed by atoms with Crippen LogP contribution in [0.5, 0.6) is 0 Å². The molecule has 0 aliphatic carbocycles. The Bertz CT molecular complexity index is 204. The van der Waals surface area contributed by atoms with E-state index in [-0.39, 0.29) is 6.10 Å². The number of hydrogen-bond donors (Lipinski definition) is 2. The molecule has 0 aliphatic rings. The molecule has 0 aromatic carbocycles. The molecule has 1 unspecified atom stereocenters. The first kappa shape index (κ1) is 9.26. The maximum absolute atomic E-state index is 9.81. The molecule has 3 heteroatoms. The summed E-state index contributed by atoms with van der Waals surface area (Å²) in [6.07, 6.45) is 5.08. The minimum atomic E-state index is -0.362. The van der Waals surface area contributed by atoms with Crippen molar-refractivity contribution in [3.63, 3.8) is 0 Å². The fourth-order valence-electron chi connectivity index (χ4n) is 1.43. The highest BCUT2D eigenvalue weighted by Gasteiger charge is 2.17. The van der Waals surface area contributed by atoms with Crippen LogP contribution in [0.4, 0.5) is 0 Å². The van der Waals surface area contributed by atoms with Gasteiger partial charge in [-0.05, 0) is 5.92 Å². The van der Waals surface area contributed by atoms with Gasteiger partial charge in [0.2, 0.25) is 0 Å². The topological polar surface area (TPSA) is 48.9 Å². The molecule has 1 rings (SSSR count). The quantitative estimate of drug-likeness (QED) is 0.721. The van der Waals surface area contributed by atoms with Crippen LogP contribution in [0.15, 0.2) is 12.4 Å². The van der Waals surface area contributed by atoms with E-state index in [2.05, 4.69) is 24.0 Å². The van der Waals surface area contributed by atoms with Crippen LogP contribution in [-0.4, -0.2) is 15.3 Å². The van der Waals surface area contributed by atoms with Crippen molar-refractivity contribution in [2.24, 2.45) is 5.92 Å². The van der Waals surface area contributed by atoms with Gasteiger partial charge in [0, 0.05) is 11.8 Å². The van der Waals surface area contributed by atoms with Crippen molar-refractivity contribution in [3.05, 3.63) is 18.0 Å². The lowest BCUT2D eigenvalue weighted by Crippen LogP contribution is -2.09. The van der Waals surface area contributed by atoms with Gasteiger partial charge in [0.25, 0.3) is 0 Å². The van der Waals surface area contributed by atoms with E-state index in [4.69, 9.17) is 0 Å². The SMILES string of the molecule is CCC(CC)C(O)c1cn[nH]c1. The van der Waals surface area contributed by atoms with Gasteiger partial charge >= 0.3 is 0 Å². The molecule has 0 radical (unpaired) electrons. The number of nitrogens with zero attached hydrogens (tertiary/aromatic N) is 1. The van der Waals surface area contributed by atoms with Gasteiger partial charge in [-0.1, -0.05) is 26.7 Å². The molecule has 12 heavy (non-hydrogen) atoms. The number of H-pyrrole nitrogens is 1. The largest absolute Gasteiger partial charge is 0.388 e. The first-order chi connectivity index (χ1) is 5.79. The maximum Gasteiger partial charge on any atom is 0.0848 e. The lowest BCUT2D eigenvalue weighted by molar-refractivity contribution is 0.103. The van der Waals surface area contributed by atoms with E-state index in [1.54, 1.807) is 12.4 Å². The molecule has 1 atom stereocenters. The van der Waals surface area contributed by atoms with E-state index in [1.807, 2.05) is 0 Å². The molecule has 1 heterocycles. The molecule has 0 saturated heterocycles. The third-order valence-corrected chi connectivity index (χ3v) is 2.36. The minimum absolute atomic E-state index is 0.350. The van der Waals surface area contributed by atoms with Gasteiger partial charge in [-0.3, -0.25) is 5.10 Å². The molecular formula is C9H16N2O. The number of nitrogens with one attached hydrogen (secondary N) is 1. The van der Waals surface area contributed by atoms with Crippen LogP contribution < -0.4 is 0 Å². The van der Waals surface area contributed by atoms with Crippen molar-refractivity contribution in [1.82, 2.24) is 10.2 Å². The molecule has 3 nitrogen and oxygen atoms in total. The summed E-state index contributed by atoms with van der Waals surface area (Å²) in [6.45, 7) is 4.19. The van der Waals surface area contributed by atoms with Gasteiger partial charge in [-0.15, -0.1) is 0 Å². The van der Waals surface area contributed by atoms with Crippen LogP contribution in [0.2, 0.25) is 0 Å². The number of rotatable bonds is 4. The smallest absolute Gasteiger partial charge is 0.0848 e. The van der Waals surface area contributed by atoms with Gasteiger partial charge in [0.1, 0.15) is 0 Å². The Morgan fingerprint density at radius 1 is 1.50 bits per heavy atom. The zero-order valence-corrected chi connectivity index (χ0v) is 7.62. The zero-order chi connectivity index (χ0) is 8.97. The minimum Gasteiger partial charge on any atom is -0.388 e. The van der Waals surface area contributed by atoms with E-state index >= 15 is 0 Å². The van der Waals surface area contributed by atoms with Crippen LogP contribution in [0.3, 0.4) is 0 Å². The van der Waals surface area contributed by atoms with Gasteiger partial charge in [-0.2, -0.15) is 5.10 Å². The van der Waals surface area contributed by atoms with E-state index < -0.39 is 0 Å². The summed E-state index contributed by atoms with van der Waals surface area (Å²) in [5, 5.41) is 16.3. The Hall–Kier alpha value is -0.830. The monoisotopic (exact) mass is 168 g/mol. The van der Waals surface area contributed by atoms with Gasteiger partial charge < -0.3 is 5.11 Å². The zero-order valence-electron chi connectivity index (χ0n) is 7.62. The average molecular weight is 168 g/mol. The van der Waals surface area contributed by atoms with Crippen molar-refractivity contribution in [2.45, 2.75) is 32.8 Å². The molecule has 0 fully saturated rings. The Balaban J connectivity index is 2.63. The Morgan fingerprint density at radius 3 is 2.58 bits per heavy atom. The van der Waals surface area contributed by atoms with Crippen molar-refractivity contribution in [1.29, 1.82) is 0 Å². The molecular weight excluding hydrogens is 152 g/mol. The number of aliphatic hydroxyl groups is 1. The normalized spacial score (nSPS) is 13.7. The van der Waals surface area contributed by atoms with Crippen molar-refractivity contribution in [3.8, 4) is 0 Å². The molecule has 0 bridgehead atoms. The van der Waals surface area contributed by atoms with Crippen LogP contribution in [0, 0.1) is 5.92 Å². The van der Waals surface area contributed by atoms with Gasteiger partial charge in [0.05, 0.1) is 12.3 Å². The van der Waals surface area contributed by atoms with Crippen molar-refractivity contribution >= 4 is 0 Å². The third-order valence-electron chi connectivity index (χ3n) is 2.36. The highest BCUT2D eigenvalue weighted by atomic mass is 16.3. The van der Waals surface area contributed by atoms with Crippen molar-refractivity contribution < 1.29 is 5.11 Å². The second-order valence-electron chi connectivity index (χ2n) is 3.05. The fourth-order valence-corrected chi connectivity index (χ4v) is 1.43. The molecule has 0 spiro atoms. The lowest BCUT2D eigenvalue weighted by Gasteiger charge is -2.18. The molecule has 1 aromatic heterocycles. The second-order valence-corrected chi connectivity index (χ2v) is 3.05. The first-order valence-corrected chi connectivity index (χ1v) is 4.46. The Labute approximate surface area is 72.8 Å². The number of aliphatic hydroxyl groups excluding tert-OH is 1. The third kappa shape index (κ3) is 1.85. The summed E-state index contributed by atoms with van der Waals surface area (Å²) in [5.74, 6) is 0.350. The molecule has 0 amide bonds. The van der Waals surface area contributed by atoms with E-state index in [0.717, 1.165) is 18.4 Å². The summed E-state index contributed by atoms with van der Waals surface area (Å²) in [5.41, 5.74) is 0.892. The maximum atomic E-state index is 9.81. The van der Waals surface area contributed by atoms with E-state index in [1.165, 1.54) is 0 Å². The van der Waals surface area contributed by atoms with Crippen LogP contribution in [0.1, 0.15) is 38.4 Å². The molecule has 0 saturated carbocycles. The predicted octanol–water partition coefficient (Wildman–Crippen LogP) is 1.88. The molecule has 0 aliphatic heterocycles. The molecule has 1 aromatic rings. The first-order valence-electron chi connectivity index (χ1n) is 4.46. The summed E-state index contributed by atoms with van der Waals surface area (Å²) in [7, 11) is 0. The Kier molecular flexibility index (Phi) is 3.29. The molecule has 68 valence electrons. The van der Waals surface area contributed by atoms with Crippen LogP contribution >= 0.6 is 0 Å². The van der Waals surface area contributed by atoms with Crippen LogP contribution in [-0.2, 0) is 0 Å². The summed E-state index contributed by atoms with van der Waals surface area (Å²) in [4.78, 5) is 0. The number of hydrogen-bond acceptors (Lipinski definition) is 2. The van der Waals surface area contributed by atoms with Crippen LogP contribution in [0.25, 0.3) is 0 Å². The second kappa shape index (κ2) is 4.26. The van der Waals surface area contributed by atoms with Gasteiger partial charge in [-0.25, -0.2) is 0 Å². The highest BCUT2D eigenvalue weighted by Crippen LogP contribution is 2.25. The van der Waals surface area contributed by atoms with Gasteiger partial charge in [0.15, 0.2) is 0 Å². The number of aromatic amines is 1. The highest BCUT2D eigenvalue weighted by molar-refractivity contribution is 5.07. The van der Waals surface area contributed by atoms with Crippen molar-refractivity contribution in [2.75, 3.05) is 0 Å².